The fourth-order valence-electron chi connectivity index (χ4n) is 2.14. The van der Waals surface area contributed by atoms with Crippen molar-refractivity contribution >= 4 is 15.9 Å². The van der Waals surface area contributed by atoms with Crippen molar-refractivity contribution in [2.75, 3.05) is 6.54 Å². The first kappa shape index (κ1) is 14.9. The lowest BCUT2D eigenvalue weighted by atomic mass is 10.1. The van der Waals surface area contributed by atoms with Gasteiger partial charge in [0, 0.05) is 10.0 Å². The molecule has 3 aromatic rings. The summed E-state index contributed by atoms with van der Waals surface area (Å²) in [5.41, 5.74) is 2.23. The Hall–Kier alpha value is -1.98. The molecule has 0 saturated heterocycles. The average molecular weight is 358 g/mol. The van der Waals surface area contributed by atoms with Crippen molar-refractivity contribution in [3.05, 3.63) is 70.5 Å². The molecular weight excluding hydrogens is 342 g/mol. The Kier molecular flexibility index (Phi) is 4.98. The molecule has 2 aromatic carbocycles. The van der Waals surface area contributed by atoms with E-state index in [1.807, 2.05) is 30.3 Å². The van der Waals surface area contributed by atoms with Crippen LogP contribution in [0.5, 0.6) is 0 Å². The number of halogens is 1. The van der Waals surface area contributed by atoms with Gasteiger partial charge >= 0.3 is 0 Å². The number of aromatic nitrogens is 2. The van der Waals surface area contributed by atoms with Gasteiger partial charge in [-0.1, -0.05) is 52.3 Å². The lowest BCUT2D eigenvalue weighted by Gasteiger charge is -2.02. The van der Waals surface area contributed by atoms with Crippen molar-refractivity contribution in [1.82, 2.24) is 15.5 Å². The van der Waals surface area contributed by atoms with Gasteiger partial charge in [-0.3, -0.25) is 0 Å². The van der Waals surface area contributed by atoms with Crippen molar-refractivity contribution in [2.45, 2.75) is 13.0 Å². The zero-order valence-electron chi connectivity index (χ0n) is 12.0. The van der Waals surface area contributed by atoms with Crippen LogP contribution in [0.15, 0.2) is 63.5 Å². The number of rotatable bonds is 6. The highest BCUT2D eigenvalue weighted by atomic mass is 79.9. The highest BCUT2D eigenvalue weighted by molar-refractivity contribution is 9.10. The normalized spacial score (nSPS) is 10.8. The number of nitrogens with zero attached hydrogens (tertiary/aromatic N) is 2. The van der Waals surface area contributed by atoms with Crippen molar-refractivity contribution in [2.24, 2.45) is 0 Å². The molecule has 0 aliphatic carbocycles. The molecule has 0 atom stereocenters. The van der Waals surface area contributed by atoms with Gasteiger partial charge in [0.1, 0.15) is 0 Å². The zero-order valence-corrected chi connectivity index (χ0v) is 13.6. The van der Waals surface area contributed by atoms with Gasteiger partial charge in [0.2, 0.25) is 11.8 Å². The van der Waals surface area contributed by atoms with Crippen molar-refractivity contribution in [1.29, 1.82) is 0 Å². The maximum atomic E-state index is 5.67. The largest absolute Gasteiger partial charge is 0.419 e. The SMILES string of the molecule is Brc1cccc(-c2nnc(CNCCc3ccccc3)o2)c1. The maximum absolute atomic E-state index is 5.67. The topological polar surface area (TPSA) is 51.0 Å². The summed E-state index contributed by atoms with van der Waals surface area (Å²) in [6, 6.07) is 18.2. The van der Waals surface area contributed by atoms with E-state index in [9.17, 15) is 0 Å². The summed E-state index contributed by atoms with van der Waals surface area (Å²) in [6.45, 7) is 1.45. The van der Waals surface area contributed by atoms with Crippen molar-refractivity contribution < 1.29 is 4.42 Å². The Balaban J connectivity index is 1.52. The molecule has 0 amide bonds. The van der Waals surface area contributed by atoms with Crippen LogP contribution in [0, 0.1) is 0 Å². The standard InChI is InChI=1S/C17H16BrN3O/c18-15-8-4-7-14(11-15)17-21-20-16(22-17)12-19-10-9-13-5-2-1-3-6-13/h1-8,11,19H,9-10,12H2. The molecule has 0 fully saturated rings. The summed E-state index contributed by atoms with van der Waals surface area (Å²) in [5, 5.41) is 11.5. The summed E-state index contributed by atoms with van der Waals surface area (Å²) >= 11 is 3.44. The third-order valence-electron chi connectivity index (χ3n) is 3.25. The lowest BCUT2D eigenvalue weighted by molar-refractivity contribution is 0.478. The minimum absolute atomic E-state index is 0.543. The Morgan fingerprint density at radius 1 is 1.00 bits per heavy atom. The summed E-state index contributed by atoms with van der Waals surface area (Å²) in [5.74, 6) is 1.14. The second-order valence-electron chi connectivity index (χ2n) is 4.92. The molecule has 4 nitrogen and oxygen atoms in total. The maximum Gasteiger partial charge on any atom is 0.247 e. The molecule has 0 aliphatic heterocycles. The Labute approximate surface area is 137 Å². The Morgan fingerprint density at radius 3 is 2.68 bits per heavy atom. The predicted octanol–water partition coefficient (Wildman–Crippen LogP) is 3.83. The van der Waals surface area contributed by atoms with Crippen LogP contribution in [-0.2, 0) is 13.0 Å². The van der Waals surface area contributed by atoms with E-state index in [0.29, 0.717) is 18.3 Å². The van der Waals surface area contributed by atoms with Crippen molar-refractivity contribution in [3.63, 3.8) is 0 Å². The predicted molar refractivity (Wildman–Crippen MR) is 89.3 cm³/mol. The Morgan fingerprint density at radius 2 is 1.86 bits per heavy atom. The van der Waals surface area contributed by atoms with E-state index in [2.05, 4.69) is 55.7 Å². The van der Waals surface area contributed by atoms with E-state index >= 15 is 0 Å². The number of hydrogen-bond acceptors (Lipinski definition) is 4. The molecule has 0 unspecified atom stereocenters. The first-order chi connectivity index (χ1) is 10.8. The molecule has 0 saturated carbocycles. The van der Waals surface area contributed by atoms with Gasteiger partial charge in [-0.15, -0.1) is 10.2 Å². The second-order valence-corrected chi connectivity index (χ2v) is 5.84. The second kappa shape index (κ2) is 7.33. The molecule has 1 aromatic heterocycles. The minimum Gasteiger partial charge on any atom is -0.419 e. The molecule has 1 heterocycles. The monoisotopic (exact) mass is 357 g/mol. The molecule has 0 aliphatic rings. The van der Waals surface area contributed by atoms with Crippen LogP contribution in [0.25, 0.3) is 11.5 Å². The van der Waals surface area contributed by atoms with Crippen LogP contribution in [-0.4, -0.2) is 16.7 Å². The summed E-state index contributed by atoms with van der Waals surface area (Å²) in [7, 11) is 0. The quantitative estimate of drug-likeness (QED) is 0.681. The molecule has 0 radical (unpaired) electrons. The van der Waals surface area contributed by atoms with Gasteiger partial charge < -0.3 is 9.73 Å². The highest BCUT2D eigenvalue weighted by Crippen LogP contribution is 2.21. The van der Waals surface area contributed by atoms with Gasteiger partial charge in [0.15, 0.2) is 0 Å². The van der Waals surface area contributed by atoms with Crippen LogP contribution in [0.2, 0.25) is 0 Å². The van der Waals surface area contributed by atoms with E-state index in [1.165, 1.54) is 5.56 Å². The van der Waals surface area contributed by atoms with Gasteiger partial charge in [-0.05, 0) is 36.7 Å². The lowest BCUT2D eigenvalue weighted by Crippen LogP contribution is -2.16. The van der Waals surface area contributed by atoms with E-state index in [4.69, 9.17) is 4.42 Å². The molecule has 3 rings (SSSR count). The minimum atomic E-state index is 0.543. The summed E-state index contributed by atoms with van der Waals surface area (Å²) in [6.07, 6.45) is 0.980. The molecule has 5 heteroatoms. The fraction of sp³-hybridized carbons (Fsp3) is 0.176. The van der Waals surface area contributed by atoms with Crippen LogP contribution < -0.4 is 5.32 Å². The van der Waals surface area contributed by atoms with Gasteiger partial charge in [-0.2, -0.15) is 0 Å². The third-order valence-corrected chi connectivity index (χ3v) is 3.74. The molecule has 112 valence electrons. The van der Waals surface area contributed by atoms with E-state index < -0.39 is 0 Å². The Bertz CT molecular complexity index is 728. The summed E-state index contributed by atoms with van der Waals surface area (Å²) in [4.78, 5) is 0. The first-order valence-electron chi connectivity index (χ1n) is 7.14. The smallest absolute Gasteiger partial charge is 0.247 e. The van der Waals surface area contributed by atoms with E-state index in [1.54, 1.807) is 0 Å². The van der Waals surface area contributed by atoms with E-state index in [-0.39, 0.29) is 0 Å². The van der Waals surface area contributed by atoms with Crippen LogP contribution >= 0.6 is 15.9 Å². The fourth-order valence-corrected chi connectivity index (χ4v) is 2.54. The van der Waals surface area contributed by atoms with Crippen LogP contribution in [0.4, 0.5) is 0 Å². The molecule has 22 heavy (non-hydrogen) atoms. The molecule has 0 spiro atoms. The highest BCUT2D eigenvalue weighted by Gasteiger charge is 2.08. The zero-order chi connectivity index (χ0) is 15.2. The van der Waals surface area contributed by atoms with Crippen LogP contribution in [0.3, 0.4) is 0 Å². The molecule has 0 bridgehead atoms. The molecular formula is C17H16BrN3O. The van der Waals surface area contributed by atoms with Crippen LogP contribution in [0.1, 0.15) is 11.5 Å². The summed E-state index contributed by atoms with van der Waals surface area (Å²) < 4.78 is 6.66. The van der Waals surface area contributed by atoms with Crippen molar-refractivity contribution in [3.8, 4) is 11.5 Å². The van der Waals surface area contributed by atoms with E-state index in [0.717, 1.165) is 23.0 Å². The van der Waals surface area contributed by atoms with Gasteiger partial charge in [-0.25, -0.2) is 0 Å². The number of nitrogens with one attached hydrogen (secondary N) is 1. The first-order valence-corrected chi connectivity index (χ1v) is 7.93. The van der Waals surface area contributed by atoms with Gasteiger partial charge in [0.05, 0.1) is 6.54 Å². The number of hydrogen-bond donors (Lipinski definition) is 1. The number of benzene rings is 2. The molecule has 1 N–H and O–H groups in total. The third kappa shape index (κ3) is 4.02. The van der Waals surface area contributed by atoms with Gasteiger partial charge in [0.25, 0.3) is 0 Å². The average Bonchev–Trinajstić information content (AvgIpc) is 3.02.